The van der Waals surface area contributed by atoms with Crippen LogP contribution in [0.5, 0.6) is 5.75 Å². The maximum Gasteiger partial charge on any atom is 0.148 e. The van der Waals surface area contributed by atoms with E-state index in [1.807, 2.05) is 33.8 Å². The fraction of sp³-hybridized carbons (Fsp3) is 0.615. The quantitative estimate of drug-likeness (QED) is 0.584. The van der Waals surface area contributed by atoms with Crippen molar-refractivity contribution in [1.29, 1.82) is 0 Å². The van der Waals surface area contributed by atoms with Crippen LogP contribution in [0.15, 0.2) is 22.7 Å². The first-order chi connectivity index (χ1) is 14.8. The third-order valence-electron chi connectivity index (χ3n) is 6.82. The molecule has 5 atom stereocenters. The van der Waals surface area contributed by atoms with E-state index in [4.69, 9.17) is 11.2 Å². The molecule has 2 saturated carbocycles. The van der Waals surface area contributed by atoms with Crippen molar-refractivity contribution < 1.29 is 24.5 Å². The number of halogens is 1. The summed E-state index contributed by atoms with van der Waals surface area (Å²) in [5, 5.41) is 22.3. The number of ketones is 2. The molecule has 174 valence electrons. The van der Waals surface area contributed by atoms with Gasteiger partial charge in [-0.15, -0.1) is 6.42 Å². The monoisotopic (exact) mass is 504 g/mol. The predicted molar refractivity (Wildman–Crippen MR) is 126 cm³/mol. The number of ether oxygens (including phenoxy) is 1. The Morgan fingerprint density at radius 3 is 2.00 bits per heavy atom. The highest BCUT2D eigenvalue weighted by atomic mass is 79.9. The molecule has 3 rings (SSSR count). The molecule has 0 aromatic heterocycles. The number of benzene rings is 1. The topological polar surface area (TPSA) is 83.8 Å². The van der Waals surface area contributed by atoms with Gasteiger partial charge in [0.1, 0.15) is 23.9 Å². The molecular formula is C26H33BrO5. The second-order valence-corrected chi connectivity index (χ2v) is 11.8. The largest absolute Gasteiger partial charge is 0.481 e. The number of carbonyl (C=O) groups is 2. The number of hydrogen-bond donors (Lipinski definition) is 2. The third-order valence-corrected chi connectivity index (χ3v) is 7.31. The van der Waals surface area contributed by atoms with Gasteiger partial charge < -0.3 is 14.9 Å². The lowest BCUT2D eigenvalue weighted by Crippen LogP contribution is -2.51. The highest BCUT2D eigenvalue weighted by molar-refractivity contribution is 9.10. The summed E-state index contributed by atoms with van der Waals surface area (Å²) >= 11 is 3.49. The maximum absolute atomic E-state index is 13.4. The Labute approximate surface area is 199 Å². The molecule has 5 nitrogen and oxygen atoms in total. The molecular weight excluding hydrogens is 472 g/mol. The molecule has 1 unspecified atom stereocenters. The van der Waals surface area contributed by atoms with Gasteiger partial charge in [0, 0.05) is 28.8 Å². The Bertz CT molecular complexity index is 887. The van der Waals surface area contributed by atoms with E-state index in [1.165, 1.54) is 0 Å². The van der Waals surface area contributed by atoms with Crippen LogP contribution in [-0.2, 0) is 9.59 Å². The predicted octanol–water partition coefficient (Wildman–Crippen LogP) is 4.28. The lowest BCUT2D eigenvalue weighted by Gasteiger charge is -2.46. The van der Waals surface area contributed by atoms with Crippen LogP contribution in [0.3, 0.4) is 0 Å². The number of rotatable bonds is 5. The van der Waals surface area contributed by atoms with E-state index in [9.17, 15) is 19.8 Å². The molecule has 2 N–H and O–H groups in total. The lowest BCUT2D eigenvalue weighted by molar-refractivity contribution is -0.144. The summed E-state index contributed by atoms with van der Waals surface area (Å²) < 4.78 is 6.54. The van der Waals surface area contributed by atoms with Crippen LogP contribution in [-0.4, -0.2) is 40.6 Å². The summed E-state index contributed by atoms with van der Waals surface area (Å²) in [4.78, 5) is 26.8. The van der Waals surface area contributed by atoms with Gasteiger partial charge in [-0.3, -0.25) is 9.59 Å². The van der Waals surface area contributed by atoms with Gasteiger partial charge in [-0.25, -0.2) is 0 Å². The highest BCUT2D eigenvalue weighted by Gasteiger charge is 2.52. The first-order valence-corrected chi connectivity index (χ1v) is 11.9. The van der Waals surface area contributed by atoms with Crippen molar-refractivity contribution in [3.63, 3.8) is 0 Å². The molecule has 0 bridgehead atoms. The number of terminal acetylenes is 1. The average Bonchev–Trinajstić information content (AvgIpc) is 2.62. The van der Waals surface area contributed by atoms with Crippen LogP contribution in [0.4, 0.5) is 0 Å². The van der Waals surface area contributed by atoms with Crippen molar-refractivity contribution in [2.45, 2.75) is 71.5 Å². The van der Waals surface area contributed by atoms with Crippen LogP contribution in [0.2, 0.25) is 0 Å². The Morgan fingerprint density at radius 2 is 1.56 bits per heavy atom. The summed E-state index contributed by atoms with van der Waals surface area (Å²) in [7, 11) is 0. The molecule has 0 heterocycles. The van der Waals surface area contributed by atoms with Gasteiger partial charge in [0.15, 0.2) is 0 Å². The van der Waals surface area contributed by atoms with Gasteiger partial charge in [0.2, 0.25) is 0 Å². The number of Topliss-reactive ketones (excluding diaryl/α,β-unsaturated/α-hetero) is 2. The maximum atomic E-state index is 13.4. The molecule has 6 heteroatoms. The minimum Gasteiger partial charge on any atom is -0.481 e. The summed E-state index contributed by atoms with van der Waals surface area (Å²) in [6.07, 6.45) is 5.04. The Morgan fingerprint density at radius 1 is 1.06 bits per heavy atom. The molecule has 2 aliphatic rings. The SMILES string of the molecule is C#CCOc1ccc(Br)cc1C([C@@H]1C(=O)CC(C)(C)C[C@H]1O)[C@@H]1C(=O)CC(C)(C)C[C@@H]1O. The van der Waals surface area contributed by atoms with E-state index < -0.39 is 30.0 Å². The van der Waals surface area contributed by atoms with Gasteiger partial charge in [0.25, 0.3) is 0 Å². The average molecular weight is 505 g/mol. The molecule has 0 spiro atoms. The number of hydrogen-bond acceptors (Lipinski definition) is 5. The van der Waals surface area contributed by atoms with Gasteiger partial charge in [-0.1, -0.05) is 49.5 Å². The summed E-state index contributed by atoms with van der Waals surface area (Å²) in [5.41, 5.74) is -0.0345. The van der Waals surface area contributed by atoms with Crippen molar-refractivity contribution >= 4 is 27.5 Å². The van der Waals surface area contributed by atoms with Gasteiger partial charge in [0.05, 0.1) is 24.0 Å². The molecule has 0 aliphatic heterocycles. The van der Waals surface area contributed by atoms with Crippen LogP contribution in [0.1, 0.15) is 64.9 Å². The van der Waals surface area contributed by atoms with Crippen molar-refractivity contribution in [3.05, 3.63) is 28.2 Å². The zero-order chi connectivity index (χ0) is 23.8. The van der Waals surface area contributed by atoms with Gasteiger partial charge in [-0.2, -0.15) is 0 Å². The smallest absolute Gasteiger partial charge is 0.148 e. The first kappa shape index (κ1) is 25.0. The number of aliphatic hydroxyl groups excluding tert-OH is 2. The minimum absolute atomic E-state index is 0.0315. The van der Waals surface area contributed by atoms with Crippen LogP contribution in [0.25, 0.3) is 0 Å². The molecule has 0 saturated heterocycles. The van der Waals surface area contributed by atoms with Crippen LogP contribution < -0.4 is 4.74 Å². The standard InChI is InChI=1S/C26H33BrO5/c1-6-9-32-21-8-7-15(27)10-16(21)22(23-17(28)11-25(2,3)12-18(23)29)24-19(30)13-26(4,5)14-20(24)31/h1,7-8,10,17,19,22-24,28,30H,9,11-14H2,2-5H3/t17-,19+,22?,23-,24-/m0/s1. The minimum atomic E-state index is -0.925. The Hall–Kier alpha value is -1.68. The third kappa shape index (κ3) is 5.27. The normalized spacial score (nSPS) is 30.4. The number of aliphatic hydroxyl groups is 2. The lowest BCUT2D eigenvalue weighted by atomic mass is 9.58. The van der Waals surface area contributed by atoms with Crippen LogP contribution >= 0.6 is 15.9 Å². The van der Waals surface area contributed by atoms with E-state index in [2.05, 4.69) is 21.9 Å². The van der Waals surface area contributed by atoms with Crippen LogP contribution in [0, 0.1) is 35.0 Å². The first-order valence-electron chi connectivity index (χ1n) is 11.1. The van der Waals surface area contributed by atoms with Crippen molar-refractivity contribution in [3.8, 4) is 18.1 Å². The van der Waals surface area contributed by atoms with E-state index in [-0.39, 0.29) is 29.0 Å². The molecule has 2 aliphatic carbocycles. The fourth-order valence-corrected chi connectivity index (χ4v) is 6.04. The zero-order valence-electron chi connectivity index (χ0n) is 19.2. The summed E-state index contributed by atoms with van der Waals surface area (Å²) in [6.45, 7) is 7.88. The molecule has 0 amide bonds. The van der Waals surface area contributed by atoms with E-state index in [0.29, 0.717) is 37.0 Å². The number of carbonyl (C=O) groups excluding carboxylic acids is 2. The Balaban J connectivity index is 2.16. The molecule has 1 aromatic rings. The van der Waals surface area contributed by atoms with Crippen molar-refractivity contribution in [2.24, 2.45) is 22.7 Å². The fourth-order valence-electron chi connectivity index (χ4n) is 5.66. The van der Waals surface area contributed by atoms with Gasteiger partial charge >= 0.3 is 0 Å². The highest BCUT2D eigenvalue weighted by Crippen LogP contribution is 2.51. The molecule has 2 fully saturated rings. The van der Waals surface area contributed by atoms with Crippen molar-refractivity contribution in [2.75, 3.05) is 6.61 Å². The second kappa shape index (κ2) is 9.29. The molecule has 0 radical (unpaired) electrons. The second-order valence-electron chi connectivity index (χ2n) is 10.9. The summed E-state index contributed by atoms with van der Waals surface area (Å²) in [5.74, 6) is 0.397. The Kier molecular flexibility index (Phi) is 7.24. The van der Waals surface area contributed by atoms with E-state index in [0.717, 1.165) is 4.47 Å². The van der Waals surface area contributed by atoms with Crippen molar-refractivity contribution in [1.82, 2.24) is 0 Å². The van der Waals surface area contributed by atoms with E-state index >= 15 is 0 Å². The molecule has 32 heavy (non-hydrogen) atoms. The summed E-state index contributed by atoms with van der Waals surface area (Å²) in [6, 6.07) is 5.36. The van der Waals surface area contributed by atoms with E-state index in [1.54, 1.807) is 12.1 Å². The molecule has 1 aromatic carbocycles. The van der Waals surface area contributed by atoms with Gasteiger partial charge in [-0.05, 0) is 41.9 Å². The zero-order valence-corrected chi connectivity index (χ0v) is 20.8.